The van der Waals surface area contributed by atoms with E-state index in [4.69, 9.17) is 0 Å². The largest absolute Gasteiger partial charge is 0.416 e. The quantitative estimate of drug-likeness (QED) is 0.0260. The lowest BCUT2D eigenvalue weighted by molar-refractivity contribution is -0.683. The van der Waals surface area contributed by atoms with E-state index in [1.165, 1.54) is 87.3 Å². The molecule has 486 valence electrons. The van der Waals surface area contributed by atoms with Crippen LogP contribution in [0.4, 0.5) is 105 Å². The van der Waals surface area contributed by atoms with Crippen LogP contribution in [0.2, 0.25) is 0 Å². The van der Waals surface area contributed by atoms with Gasteiger partial charge in [-0.2, -0.15) is 132 Å². The summed E-state index contributed by atoms with van der Waals surface area (Å²) in [4.78, 5) is 12.4. The zero-order chi connectivity index (χ0) is 67.1. The van der Waals surface area contributed by atoms with Crippen LogP contribution in [0.15, 0.2) is 152 Å². The van der Waals surface area contributed by atoms with E-state index in [2.05, 4.69) is 43.3 Å². The molecule has 0 fully saturated rings. The van der Waals surface area contributed by atoms with Gasteiger partial charge < -0.3 is 0 Å². The standard InChI is InChI=1S/C32H12BF24.C31H40NO/c34-25(35,36)13-1-14(26(37,38)39)6-21(5-13)33(22-7-15(27(40,41)42)2-16(8-22)28(43,44)45,23-9-17(29(46,47)48)3-18(10-23)30(49,50)51)24-11-19(31(52,53)54)4-20(12-24)32(55,56)57;1-2-3-4-5-6-7-8-9-10-12-15-27-18-20-28(21-19-27)29-22-24-32(25-23-29)26-31(33)30-16-13-11-14-17-30/h1-12H;11,13-14,16-25H,2-10,12,15,26H2,1H3/q-1;+1. The summed E-state index contributed by atoms with van der Waals surface area (Å²) in [6.45, 7) is 2.64. The summed E-state index contributed by atoms with van der Waals surface area (Å²) in [6, 6.07) is 13.8. The Bertz CT molecular complexity index is 3080. The topological polar surface area (TPSA) is 20.9 Å². The molecule has 7 aromatic rings. The number of alkyl halides is 24. The SMILES string of the molecule is CCCCCCCCCCCCc1ccc(-c2cc[n+](CC(=O)c3ccccc3)cc2)cc1.FC(F)(F)c1cc([B-](c2cc(C(F)(F)F)cc(C(F)(F)F)c2)(c2cc(C(F)(F)F)cc(C(F)(F)F)c2)c2cc(C(F)(F)F)cc(C(F)(F)F)c2)cc(C(F)(F)F)c1. The van der Waals surface area contributed by atoms with Crippen LogP contribution in [-0.2, 0) is 62.4 Å². The molecule has 0 radical (unpaired) electrons. The summed E-state index contributed by atoms with van der Waals surface area (Å²) in [5, 5.41) is 0. The third-order valence-corrected chi connectivity index (χ3v) is 14.9. The van der Waals surface area contributed by atoms with Gasteiger partial charge in [0.2, 0.25) is 12.3 Å². The van der Waals surface area contributed by atoms with Gasteiger partial charge in [0.1, 0.15) is 6.15 Å². The minimum absolute atomic E-state index is 0.129. The van der Waals surface area contributed by atoms with E-state index in [9.17, 15) is 110 Å². The average molecular weight is 1310 g/mol. The second kappa shape index (κ2) is 28.0. The van der Waals surface area contributed by atoms with Crippen molar-refractivity contribution < 1.29 is 115 Å². The summed E-state index contributed by atoms with van der Waals surface area (Å²) in [5.41, 5.74) is -25.6. The molecule has 0 unspecified atom stereocenters. The first-order valence-electron chi connectivity index (χ1n) is 27.5. The van der Waals surface area contributed by atoms with Crippen molar-refractivity contribution in [1.82, 2.24) is 0 Å². The Morgan fingerprint density at radius 3 is 0.878 bits per heavy atom. The molecule has 0 atom stereocenters. The Balaban J connectivity index is 0.000000330. The van der Waals surface area contributed by atoms with Gasteiger partial charge in [-0.3, -0.25) is 4.79 Å². The lowest BCUT2D eigenvalue weighted by Gasteiger charge is -2.46. The van der Waals surface area contributed by atoms with E-state index < -0.39 is 195 Å². The van der Waals surface area contributed by atoms with E-state index in [-0.39, 0.29) is 5.78 Å². The molecule has 0 saturated carbocycles. The molecule has 0 bridgehead atoms. The summed E-state index contributed by atoms with van der Waals surface area (Å²) in [5.74, 6) is 0.129. The molecule has 0 saturated heterocycles. The van der Waals surface area contributed by atoms with Crippen LogP contribution < -0.4 is 26.4 Å². The number of rotatable bonds is 19. The highest BCUT2D eigenvalue weighted by Gasteiger charge is 2.47. The van der Waals surface area contributed by atoms with Gasteiger partial charge in [0.15, 0.2) is 12.4 Å². The second-order valence-electron chi connectivity index (χ2n) is 21.4. The molecule has 1 heterocycles. The molecule has 0 N–H and O–H groups in total. The van der Waals surface area contributed by atoms with Crippen molar-refractivity contribution in [2.45, 2.75) is 134 Å². The number of halogens is 24. The maximum absolute atomic E-state index is 14.2. The Kier molecular flexibility index (Phi) is 22.2. The molecule has 0 amide bonds. The number of aryl methyl sites for hydroxylation is 1. The fourth-order valence-corrected chi connectivity index (χ4v) is 10.4. The van der Waals surface area contributed by atoms with Crippen LogP contribution in [0.5, 0.6) is 0 Å². The van der Waals surface area contributed by atoms with E-state index in [1.807, 2.05) is 47.3 Å². The molecule has 7 rings (SSSR count). The summed E-state index contributed by atoms with van der Waals surface area (Å²) >= 11 is 0. The number of hydrogen-bond donors (Lipinski definition) is 0. The zero-order valence-electron chi connectivity index (χ0n) is 46.9. The Morgan fingerprint density at radius 2 is 0.600 bits per heavy atom. The van der Waals surface area contributed by atoms with Crippen LogP contribution in [0.3, 0.4) is 0 Å². The summed E-state index contributed by atoms with van der Waals surface area (Å²) in [7, 11) is 0. The third kappa shape index (κ3) is 18.8. The first-order valence-corrected chi connectivity index (χ1v) is 27.5. The molecule has 27 heteroatoms. The molecular formula is C63H52BF24NO. The van der Waals surface area contributed by atoms with E-state index in [0.29, 0.717) is 6.54 Å². The number of nitrogens with zero attached hydrogens (tertiary/aromatic N) is 1. The Hall–Kier alpha value is -7.48. The lowest BCUT2D eigenvalue weighted by atomic mass is 9.12. The maximum atomic E-state index is 14.2. The molecule has 90 heavy (non-hydrogen) atoms. The number of unbranched alkanes of at least 4 members (excludes halogenated alkanes) is 9. The fraction of sp³-hybridized carbons (Fsp3) is 0.333. The van der Waals surface area contributed by atoms with Gasteiger partial charge in [-0.1, -0.05) is 168 Å². The van der Waals surface area contributed by atoms with Gasteiger partial charge in [-0.15, -0.1) is 0 Å². The second-order valence-corrected chi connectivity index (χ2v) is 21.4. The van der Waals surface area contributed by atoms with Crippen molar-refractivity contribution in [3.63, 3.8) is 0 Å². The smallest absolute Gasteiger partial charge is 0.287 e. The molecule has 6 aromatic carbocycles. The molecule has 0 spiro atoms. The number of carbonyl (C=O) groups excluding carboxylic acids is 1. The van der Waals surface area contributed by atoms with E-state index >= 15 is 0 Å². The first kappa shape index (κ1) is 71.6. The fourth-order valence-electron chi connectivity index (χ4n) is 10.4. The molecule has 1 aromatic heterocycles. The molecule has 0 aliphatic rings. The van der Waals surface area contributed by atoms with Crippen molar-refractivity contribution in [3.05, 3.63) is 208 Å². The van der Waals surface area contributed by atoms with Gasteiger partial charge >= 0.3 is 49.4 Å². The highest BCUT2D eigenvalue weighted by molar-refractivity contribution is 7.20. The van der Waals surface area contributed by atoms with Gasteiger partial charge in [0.05, 0.1) is 44.5 Å². The minimum Gasteiger partial charge on any atom is -0.287 e. The van der Waals surface area contributed by atoms with Crippen molar-refractivity contribution in [2.75, 3.05) is 0 Å². The van der Waals surface area contributed by atoms with Crippen molar-refractivity contribution in [2.24, 2.45) is 0 Å². The van der Waals surface area contributed by atoms with Crippen LogP contribution in [0.25, 0.3) is 11.1 Å². The summed E-state index contributed by atoms with van der Waals surface area (Å²) in [6.07, 6.45) is -35.8. The molecule has 0 aliphatic heterocycles. The number of benzene rings is 6. The normalized spacial score (nSPS) is 13.1. The van der Waals surface area contributed by atoms with Gasteiger partial charge in [0, 0.05) is 17.7 Å². The molecular weight excluding hydrogens is 1250 g/mol. The zero-order valence-corrected chi connectivity index (χ0v) is 46.9. The van der Waals surface area contributed by atoms with Gasteiger partial charge in [-0.25, -0.2) is 0 Å². The predicted molar refractivity (Wildman–Crippen MR) is 288 cm³/mol. The number of aromatic nitrogens is 1. The average Bonchev–Trinajstić information content (AvgIpc) is 0.711. The van der Waals surface area contributed by atoms with Crippen LogP contribution in [0, 0.1) is 0 Å². The van der Waals surface area contributed by atoms with Crippen LogP contribution >= 0.6 is 0 Å². The van der Waals surface area contributed by atoms with E-state index in [1.54, 1.807) is 0 Å². The third-order valence-electron chi connectivity index (χ3n) is 14.9. The van der Waals surface area contributed by atoms with Gasteiger partial charge in [0.25, 0.3) is 0 Å². The maximum Gasteiger partial charge on any atom is 0.416 e. The van der Waals surface area contributed by atoms with Crippen LogP contribution in [-0.4, -0.2) is 11.9 Å². The minimum atomic E-state index is -6.13. The number of hydrogen-bond acceptors (Lipinski definition) is 1. The number of carbonyl (C=O) groups is 1. The lowest BCUT2D eigenvalue weighted by Crippen LogP contribution is -2.75. The number of pyridine rings is 1. The Labute approximate surface area is 499 Å². The van der Waals surface area contributed by atoms with Gasteiger partial charge in [-0.05, 0) is 53.8 Å². The number of Topliss-reactive ketones (excluding diaryl/α,β-unsaturated/α-hetero) is 1. The van der Waals surface area contributed by atoms with E-state index in [0.717, 1.165) is 5.56 Å². The molecule has 0 aliphatic carbocycles. The van der Waals surface area contributed by atoms with Crippen molar-refractivity contribution in [1.29, 1.82) is 0 Å². The first-order chi connectivity index (χ1) is 41.5. The van der Waals surface area contributed by atoms with Crippen molar-refractivity contribution in [3.8, 4) is 11.1 Å². The highest BCUT2D eigenvalue weighted by Crippen LogP contribution is 2.42. The monoisotopic (exact) mass is 1310 g/mol. The van der Waals surface area contributed by atoms with Crippen LogP contribution in [0.1, 0.15) is 132 Å². The Morgan fingerprint density at radius 1 is 0.333 bits per heavy atom. The van der Waals surface area contributed by atoms with Crippen molar-refractivity contribution >= 4 is 33.8 Å². The number of ketones is 1. The summed E-state index contributed by atoms with van der Waals surface area (Å²) < 4.78 is 343. The predicted octanol–water partition coefficient (Wildman–Crippen LogP) is 19.2. The highest BCUT2D eigenvalue weighted by atomic mass is 19.4. The molecule has 2 nitrogen and oxygen atoms in total.